The van der Waals surface area contributed by atoms with E-state index in [1.165, 1.54) is 5.56 Å². The number of morpholine rings is 1. The molecule has 1 N–H and O–H groups in total. The van der Waals surface area contributed by atoms with E-state index in [4.69, 9.17) is 4.74 Å². The van der Waals surface area contributed by atoms with E-state index in [0.717, 1.165) is 22.1 Å². The third-order valence-corrected chi connectivity index (χ3v) is 5.43. The molecule has 0 radical (unpaired) electrons. The van der Waals surface area contributed by atoms with Crippen molar-refractivity contribution in [3.05, 3.63) is 88.4 Å². The maximum absolute atomic E-state index is 12.7. The fourth-order valence-electron chi connectivity index (χ4n) is 3.46. The average molecular weight is 455 g/mol. The SMILES string of the molecule is O=C(NCc1cccc(Cn2ccnc2)c1)N1CCOC(c2cccc(Br)c2)C1. The molecule has 4 rings (SSSR count). The lowest BCUT2D eigenvalue weighted by Crippen LogP contribution is -2.46. The Balaban J connectivity index is 1.33. The van der Waals surface area contributed by atoms with Crippen LogP contribution in [0.25, 0.3) is 0 Å². The third-order valence-electron chi connectivity index (χ3n) is 4.93. The van der Waals surface area contributed by atoms with Gasteiger partial charge in [0, 0.05) is 36.5 Å². The number of imidazole rings is 1. The van der Waals surface area contributed by atoms with Gasteiger partial charge in [0.2, 0.25) is 0 Å². The van der Waals surface area contributed by atoms with Gasteiger partial charge in [-0.2, -0.15) is 0 Å². The van der Waals surface area contributed by atoms with Gasteiger partial charge in [-0.3, -0.25) is 0 Å². The van der Waals surface area contributed by atoms with Gasteiger partial charge in [-0.05, 0) is 28.8 Å². The Labute approximate surface area is 178 Å². The number of ether oxygens (including phenoxy) is 1. The summed E-state index contributed by atoms with van der Waals surface area (Å²) in [5.74, 6) is 0. The van der Waals surface area contributed by atoms with Gasteiger partial charge in [-0.25, -0.2) is 9.78 Å². The van der Waals surface area contributed by atoms with E-state index in [1.807, 2.05) is 52.1 Å². The van der Waals surface area contributed by atoms with Crippen molar-refractivity contribution in [2.24, 2.45) is 0 Å². The van der Waals surface area contributed by atoms with Gasteiger partial charge in [0.15, 0.2) is 0 Å². The zero-order chi connectivity index (χ0) is 20.1. The van der Waals surface area contributed by atoms with Crippen LogP contribution in [0.4, 0.5) is 4.79 Å². The smallest absolute Gasteiger partial charge is 0.317 e. The van der Waals surface area contributed by atoms with E-state index in [0.29, 0.717) is 26.2 Å². The molecule has 0 spiro atoms. The van der Waals surface area contributed by atoms with Gasteiger partial charge in [-0.1, -0.05) is 52.3 Å². The Morgan fingerprint density at radius 2 is 2.07 bits per heavy atom. The number of nitrogens with zero attached hydrogens (tertiary/aromatic N) is 3. The van der Waals surface area contributed by atoms with Crippen LogP contribution in [0.1, 0.15) is 22.8 Å². The molecule has 29 heavy (non-hydrogen) atoms. The van der Waals surface area contributed by atoms with E-state index >= 15 is 0 Å². The van der Waals surface area contributed by atoms with Gasteiger partial charge in [0.25, 0.3) is 0 Å². The zero-order valence-electron chi connectivity index (χ0n) is 16.0. The summed E-state index contributed by atoms with van der Waals surface area (Å²) < 4.78 is 8.91. The summed E-state index contributed by atoms with van der Waals surface area (Å²) in [6, 6.07) is 16.2. The fourth-order valence-corrected chi connectivity index (χ4v) is 3.88. The highest BCUT2D eigenvalue weighted by atomic mass is 79.9. The van der Waals surface area contributed by atoms with E-state index in [-0.39, 0.29) is 12.1 Å². The van der Waals surface area contributed by atoms with E-state index in [9.17, 15) is 4.79 Å². The molecule has 1 fully saturated rings. The second kappa shape index (κ2) is 9.24. The van der Waals surface area contributed by atoms with Gasteiger partial charge in [-0.15, -0.1) is 0 Å². The minimum Gasteiger partial charge on any atom is -0.370 e. The lowest BCUT2D eigenvalue weighted by atomic mass is 10.1. The first kappa shape index (κ1) is 19.7. The largest absolute Gasteiger partial charge is 0.370 e. The van der Waals surface area contributed by atoms with E-state index < -0.39 is 0 Å². The number of halogens is 1. The third kappa shape index (κ3) is 5.25. The molecule has 1 saturated heterocycles. The van der Waals surface area contributed by atoms with Gasteiger partial charge in [0.05, 0.1) is 19.5 Å². The number of hydrogen-bond acceptors (Lipinski definition) is 3. The highest BCUT2D eigenvalue weighted by Crippen LogP contribution is 2.24. The van der Waals surface area contributed by atoms with Crippen LogP contribution < -0.4 is 5.32 Å². The summed E-state index contributed by atoms with van der Waals surface area (Å²) in [7, 11) is 0. The minimum atomic E-state index is -0.106. The molecular weight excluding hydrogens is 432 g/mol. The molecule has 2 heterocycles. The lowest BCUT2D eigenvalue weighted by molar-refractivity contribution is -0.0155. The van der Waals surface area contributed by atoms with Crippen LogP contribution >= 0.6 is 15.9 Å². The van der Waals surface area contributed by atoms with Crippen molar-refractivity contribution < 1.29 is 9.53 Å². The number of carbonyl (C=O) groups is 1. The van der Waals surface area contributed by atoms with Crippen LogP contribution in [-0.4, -0.2) is 40.2 Å². The number of benzene rings is 2. The number of rotatable bonds is 5. The van der Waals surface area contributed by atoms with Crippen molar-refractivity contribution in [2.75, 3.05) is 19.7 Å². The van der Waals surface area contributed by atoms with Crippen molar-refractivity contribution in [1.82, 2.24) is 19.8 Å². The molecule has 2 aromatic carbocycles. The maximum atomic E-state index is 12.7. The van der Waals surface area contributed by atoms with Crippen molar-refractivity contribution in [3.8, 4) is 0 Å². The molecule has 150 valence electrons. The normalized spacial score (nSPS) is 16.6. The summed E-state index contributed by atoms with van der Waals surface area (Å²) in [4.78, 5) is 18.6. The van der Waals surface area contributed by atoms with Gasteiger partial charge >= 0.3 is 6.03 Å². The van der Waals surface area contributed by atoms with Crippen LogP contribution in [0.2, 0.25) is 0 Å². The van der Waals surface area contributed by atoms with Crippen molar-refractivity contribution in [2.45, 2.75) is 19.2 Å². The molecular formula is C22H23BrN4O2. The van der Waals surface area contributed by atoms with Gasteiger partial charge < -0.3 is 19.5 Å². The number of carbonyl (C=O) groups excluding carboxylic acids is 1. The summed E-state index contributed by atoms with van der Waals surface area (Å²) in [5, 5.41) is 3.04. The number of urea groups is 1. The second-order valence-corrected chi connectivity index (χ2v) is 7.99. The fraction of sp³-hybridized carbons (Fsp3) is 0.273. The Morgan fingerprint density at radius 1 is 1.21 bits per heavy atom. The zero-order valence-corrected chi connectivity index (χ0v) is 17.6. The summed E-state index contributed by atoms with van der Waals surface area (Å²) in [6.07, 6.45) is 5.40. The van der Waals surface area contributed by atoms with E-state index in [2.05, 4.69) is 38.4 Å². The first-order chi connectivity index (χ1) is 14.2. The molecule has 1 aliphatic rings. The predicted molar refractivity (Wildman–Crippen MR) is 114 cm³/mol. The summed E-state index contributed by atoms with van der Waals surface area (Å²) in [6.45, 7) is 2.93. The van der Waals surface area contributed by atoms with Gasteiger partial charge in [0.1, 0.15) is 6.10 Å². The Morgan fingerprint density at radius 3 is 2.90 bits per heavy atom. The Hall–Kier alpha value is -2.64. The molecule has 1 aromatic heterocycles. The van der Waals surface area contributed by atoms with Crippen LogP contribution in [-0.2, 0) is 17.8 Å². The molecule has 1 unspecified atom stereocenters. The van der Waals surface area contributed by atoms with Crippen LogP contribution in [0.15, 0.2) is 71.7 Å². The molecule has 2 amide bonds. The van der Waals surface area contributed by atoms with E-state index in [1.54, 1.807) is 12.5 Å². The number of nitrogens with one attached hydrogen (secondary N) is 1. The summed E-state index contributed by atoms with van der Waals surface area (Å²) in [5.41, 5.74) is 3.33. The predicted octanol–water partition coefficient (Wildman–Crippen LogP) is 3.98. The molecule has 6 nitrogen and oxygen atoms in total. The van der Waals surface area contributed by atoms with Crippen molar-refractivity contribution >= 4 is 22.0 Å². The highest BCUT2D eigenvalue weighted by molar-refractivity contribution is 9.10. The van der Waals surface area contributed by atoms with Crippen LogP contribution in [0, 0.1) is 0 Å². The highest BCUT2D eigenvalue weighted by Gasteiger charge is 2.25. The first-order valence-electron chi connectivity index (χ1n) is 9.61. The number of amides is 2. The van der Waals surface area contributed by atoms with Crippen molar-refractivity contribution in [1.29, 1.82) is 0 Å². The molecule has 1 aliphatic heterocycles. The quantitative estimate of drug-likeness (QED) is 0.634. The molecule has 0 saturated carbocycles. The van der Waals surface area contributed by atoms with Crippen molar-refractivity contribution in [3.63, 3.8) is 0 Å². The number of hydrogen-bond donors (Lipinski definition) is 1. The topological polar surface area (TPSA) is 59.4 Å². The van der Waals surface area contributed by atoms with Crippen LogP contribution in [0.5, 0.6) is 0 Å². The second-order valence-electron chi connectivity index (χ2n) is 7.07. The number of aromatic nitrogens is 2. The average Bonchev–Trinajstić information content (AvgIpc) is 3.25. The Bertz CT molecular complexity index is 961. The van der Waals surface area contributed by atoms with Crippen LogP contribution in [0.3, 0.4) is 0 Å². The minimum absolute atomic E-state index is 0.0618. The molecule has 7 heteroatoms. The Kier molecular flexibility index (Phi) is 6.27. The molecule has 1 atom stereocenters. The molecule has 0 bridgehead atoms. The standard InChI is InChI=1S/C22H23BrN4O2/c23-20-6-2-5-19(12-20)21-15-27(9-10-29-21)22(28)25-13-17-3-1-4-18(11-17)14-26-8-7-24-16-26/h1-8,11-12,16,21H,9-10,13-15H2,(H,25,28). The molecule has 0 aliphatic carbocycles. The first-order valence-corrected chi connectivity index (χ1v) is 10.4. The molecule has 3 aromatic rings. The lowest BCUT2D eigenvalue weighted by Gasteiger charge is -2.33. The summed E-state index contributed by atoms with van der Waals surface area (Å²) >= 11 is 3.49. The monoisotopic (exact) mass is 454 g/mol. The maximum Gasteiger partial charge on any atom is 0.317 e.